The summed E-state index contributed by atoms with van der Waals surface area (Å²) < 4.78 is 13.0. The third-order valence-corrected chi connectivity index (χ3v) is 7.13. The molecule has 198 valence electrons. The van der Waals surface area contributed by atoms with Crippen molar-refractivity contribution in [2.24, 2.45) is 0 Å². The number of benzene rings is 3. The highest BCUT2D eigenvalue weighted by molar-refractivity contribution is 5.79. The van der Waals surface area contributed by atoms with E-state index in [1.165, 1.54) is 0 Å². The second-order valence-electron chi connectivity index (χ2n) is 9.91. The Morgan fingerprint density at radius 1 is 0.974 bits per heavy atom. The van der Waals surface area contributed by atoms with Crippen LogP contribution in [0.4, 0.5) is 0 Å². The third-order valence-electron chi connectivity index (χ3n) is 7.13. The minimum Gasteiger partial charge on any atom is -0.454 e. The fourth-order valence-corrected chi connectivity index (χ4v) is 5.18. The van der Waals surface area contributed by atoms with Gasteiger partial charge in [-0.3, -0.25) is 9.69 Å². The topological polar surface area (TPSA) is 98.2 Å². The number of ether oxygens (including phenoxy) is 2. The van der Waals surface area contributed by atoms with E-state index in [4.69, 9.17) is 9.47 Å². The highest BCUT2D eigenvalue weighted by atomic mass is 16.7. The van der Waals surface area contributed by atoms with Gasteiger partial charge in [0.2, 0.25) is 6.79 Å². The smallest absolute Gasteiger partial charge is 0.252 e. The molecule has 0 aliphatic carbocycles. The number of aromatic amines is 1. The molecule has 3 aromatic carbocycles. The first-order valence-electron chi connectivity index (χ1n) is 13.1. The predicted molar refractivity (Wildman–Crippen MR) is 148 cm³/mol. The molecule has 1 aliphatic rings. The Labute approximate surface area is 226 Å². The first kappa shape index (κ1) is 24.8. The Hall–Kier alpha value is -4.50. The zero-order valence-electron chi connectivity index (χ0n) is 22.0. The molecule has 3 heterocycles. The number of aryl methyl sites for hydroxylation is 1. The van der Waals surface area contributed by atoms with Crippen molar-refractivity contribution in [3.8, 4) is 11.5 Å². The number of nitrogens with one attached hydrogen (secondary N) is 1. The SMILES string of the molecule is CC[C@H](c1nnnn1Cc1ccccc1)N(Cc1ccc2c(c1)OCO2)Cc1cc2cc(C)ccc2[nH]c1=O. The van der Waals surface area contributed by atoms with Gasteiger partial charge in [0.25, 0.3) is 5.56 Å². The van der Waals surface area contributed by atoms with E-state index < -0.39 is 0 Å². The van der Waals surface area contributed by atoms with Crippen LogP contribution in [-0.4, -0.2) is 36.9 Å². The third kappa shape index (κ3) is 5.26. The monoisotopic (exact) mass is 522 g/mol. The number of hydrogen-bond donors (Lipinski definition) is 1. The molecule has 0 amide bonds. The number of pyridine rings is 1. The van der Waals surface area contributed by atoms with Gasteiger partial charge >= 0.3 is 0 Å². The van der Waals surface area contributed by atoms with E-state index in [9.17, 15) is 4.79 Å². The van der Waals surface area contributed by atoms with Gasteiger partial charge in [0.05, 0.1) is 12.6 Å². The van der Waals surface area contributed by atoms with Crippen LogP contribution < -0.4 is 15.0 Å². The van der Waals surface area contributed by atoms with Gasteiger partial charge in [-0.15, -0.1) is 5.10 Å². The van der Waals surface area contributed by atoms with E-state index in [-0.39, 0.29) is 18.4 Å². The van der Waals surface area contributed by atoms with Crippen LogP contribution in [-0.2, 0) is 19.6 Å². The summed E-state index contributed by atoms with van der Waals surface area (Å²) in [7, 11) is 0. The van der Waals surface area contributed by atoms with Gasteiger partial charge in [-0.05, 0) is 70.6 Å². The molecule has 0 bridgehead atoms. The van der Waals surface area contributed by atoms with Crippen molar-refractivity contribution < 1.29 is 9.47 Å². The first-order valence-corrected chi connectivity index (χ1v) is 13.1. The summed E-state index contributed by atoms with van der Waals surface area (Å²) in [6, 6.07) is 24.0. The molecule has 1 aliphatic heterocycles. The molecule has 1 N–H and O–H groups in total. The zero-order chi connectivity index (χ0) is 26.8. The zero-order valence-corrected chi connectivity index (χ0v) is 22.0. The van der Waals surface area contributed by atoms with Gasteiger partial charge in [0.1, 0.15) is 0 Å². The van der Waals surface area contributed by atoms with Gasteiger partial charge < -0.3 is 14.5 Å². The minimum absolute atomic E-state index is 0.0965. The lowest BCUT2D eigenvalue weighted by molar-refractivity contribution is 0.161. The molecule has 39 heavy (non-hydrogen) atoms. The van der Waals surface area contributed by atoms with Crippen LogP contribution in [0.2, 0.25) is 0 Å². The van der Waals surface area contributed by atoms with Gasteiger partial charge in [-0.2, -0.15) is 0 Å². The largest absolute Gasteiger partial charge is 0.454 e. The maximum atomic E-state index is 13.2. The second kappa shape index (κ2) is 10.7. The van der Waals surface area contributed by atoms with Gasteiger partial charge in [-0.25, -0.2) is 4.68 Å². The maximum Gasteiger partial charge on any atom is 0.252 e. The van der Waals surface area contributed by atoms with E-state index in [2.05, 4.69) is 57.5 Å². The van der Waals surface area contributed by atoms with Crippen molar-refractivity contribution >= 4 is 10.9 Å². The number of rotatable bonds is 9. The molecule has 2 aromatic heterocycles. The van der Waals surface area contributed by atoms with E-state index in [0.29, 0.717) is 25.2 Å². The lowest BCUT2D eigenvalue weighted by atomic mass is 10.1. The van der Waals surface area contributed by atoms with Crippen molar-refractivity contribution in [3.63, 3.8) is 0 Å². The molecule has 6 rings (SSSR count). The number of tetrazole rings is 1. The van der Waals surface area contributed by atoms with Crippen molar-refractivity contribution in [2.75, 3.05) is 6.79 Å². The first-order chi connectivity index (χ1) is 19.1. The van der Waals surface area contributed by atoms with E-state index in [1.54, 1.807) is 0 Å². The molecule has 0 saturated heterocycles. The average molecular weight is 523 g/mol. The summed E-state index contributed by atoms with van der Waals surface area (Å²) in [6.45, 7) is 5.94. The Kier molecular flexibility index (Phi) is 6.81. The Morgan fingerprint density at radius 2 is 1.82 bits per heavy atom. The fraction of sp³-hybridized carbons (Fsp3) is 0.267. The summed E-state index contributed by atoms with van der Waals surface area (Å²) in [5, 5.41) is 13.8. The molecular weight excluding hydrogens is 492 g/mol. The van der Waals surface area contributed by atoms with Crippen molar-refractivity contribution in [1.29, 1.82) is 0 Å². The minimum atomic E-state index is -0.137. The van der Waals surface area contributed by atoms with Crippen LogP contribution in [0.5, 0.6) is 11.5 Å². The summed E-state index contributed by atoms with van der Waals surface area (Å²) in [6.07, 6.45) is 0.754. The molecule has 9 nitrogen and oxygen atoms in total. The summed E-state index contributed by atoms with van der Waals surface area (Å²) in [4.78, 5) is 18.5. The number of H-pyrrole nitrogens is 1. The van der Waals surface area contributed by atoms with E-state index >= 15 is 0 Å². The van der Waals surface area contributed by atoms with Crippen LogP contribution in [0.1, 0.15) is 47.5 Å². The van der Waals surface area contributed by atoms with E-state index in [0.717, 1.165) is 51.3 Å². The molecule has 0 fully saturated rings. The van der Waals surface area contributed by atoms with Crippen LogP contribution in [0, 0.1) is 6.92 Å². The second-order valence-corrected chi connectivity index (χ2v) is 9.91. The van der Waals surface area contributed by atoms with Gasteiger partial charge in [0.15, 0.2) is 17.3 Å². The van der Waals surface area contributed by atoms with Gasteiger partial charge in [0, 0.05) is 24.2 Å². The Bertz CT molecular complexity index is 1660. The van der Waals surface area contributed by atoms with Crippen LogP contribution in [0.3, 0.4) is 0 Å². The molecule has 9 heteroatoms. The van der Waals surface area contributed by atoms with Crippen molar-refractivity contribution in [1.82, 2.24) is 30.1 Å². The summed E-state index contributed by atoms with van der Waals surface area (Å²) >= 11 is 0. The highest BCUT2D eigenvalue weighted by Gasteiger charge is 2.27. The molecule has 5 aromatic rings. The quantitative estimate of drug-likeness (QED) is 0.298. The maximum absolute atomic E-state index is 13.2. The van der Waals surface area contributed by atoms with Crippen LogP contribution in [0.15, 0.2) is 77.6 Å². The molecule has 0 unspecified atom stereocenters. The average Bonchev–Trinajstić information content (AvgIpc) is 3.60. The Morgan fingerprint density at radius 3 is 2.67 bits per heavy atom. The van der Waals surface area contributed by atoms with Gasteiger partial charge in [-0.1, -0.05) is 55.0 Å². The van der Waals surface area contributed by atoms with Crippen LogP contribution >= 0.6 is 0 Å². The molecular formula is C30H30N6O3. The van der Waals surface area contributed by atoms with E-state index in [1.807, 2.05) is 59.3 Å². The van der Waals surface area contributed by atoms with Crippen LogP contribution in [0.25, 0.3) is 10.9 Å². The molecule has 0 spiro atoms. The van der Waals surface area contributed by atoms with Crippen molar-refractivity contribution in [3.05, 3.63) is 111 Å². The number of hydrogen-bond acceptors (Lipinski definition) is 7. The highest BCUT2D eigenvalue weighted by Crippen LogP contribution is 2.34. The molecule has 1 atom stereocenters. The standard InChI is InChI=1S/C30H30N6O3/c1-3-26(29-32-33-34-36(29)17-21-7-5-4-6-8-21)35(16-22-10-12-27-28(14-22)39-19-38-27)18-24-15-23-13-20(2)9-11-25(23)31-30(24)37/h4-15,26H,3,16-19H2,1-2H3,(H,31,37)/t26-/m1/s1. The Balaban J connectivity index is 1.38. The molecule has 0 radical (unpaired) electrons. The predicted octanol–water partition coefficient (Wildman–Crippen LogP) is 4.75. The fourth-order valence-electron chi connectivity index (χ4n) is 5.18. The molecule has 0 saturated carbocycles. The summed E-state index contributed by atoms with van der Waals surface area (Å²) in [5.41, 5.74) is 4.73. The lowest BCUT2D eigenvalue weighted by Crippen LogP contribution is -2.32. The number of aromatic nitrogens is 5. The normalized spacial score (nSPS) is 13.3. The van der Waals surface area contributed by atoms with Crippen molar-refractivity contribution in [2.45, 2.75) is 45.9 Å². The number of fused-ring (bicyclic) bond motifs is 2. The summed E-state index contributed by atoms with van der Waals surface area (Å²) in [5.74, 6) is 2.23. The lowest BCUT2D eigenvalue weighted by Gasteiger charge is -2.30. The number of nitrogens with zero attached hydrogens (tertiary/aromatic N) is 5.